The second kappa shape index (κ2) is 7.14. The molecule has 1 heterocycles. The maximum Gasteiger partial charge on any atom is 0.232 e. The normalized spacial score (nSPS) is 14.4. The van der Waals surface area contributed by atoms with Gasteiger partial charge >= 0.3 is 0 Å². The molecule has 1 aromatic heterocycles. The van der Waals surface area contributed by atoms with Crippen molar-refractivity contribution in [2.24, 2.45) is 7.05 Å². The molecular formula is C16H24N4O2S. The van der Waals surface area contributed by atoms with Gasteiger partial charge in [-0.25, -0.2) is 8.42 Å². The third-order valence-corrected chi connectivity index (χ3v) is 5.10. The van der Waals surface area contributed by atoms with Gasteiger partial charge < -0.3 is 5.32 Å². The second-order valence-electron chi connectivity index (χ2n) is 5.68. The summed E-state index contributed by atoms with van der Waals surface area (Å²) >= 11 is 0. The van der Waals surface area contributed by atoms with E-state index in [2.05, 4.69) is 29.0 Å². The lowest BCUT2D eigenvalue weighted by atomic mass is 10.1. The number of hydrogen-bond donors (Lipinski definition) is 2. The highest BCUT2D eigenvalue weighted by Gasteiger charge is 2.13. The van der Waals surface area contributed by atoms with Gasteiger partial charge in [0.05, 0.1) is 11.9 Å². The van der Waals surface area contributed by atoms with E-state index in [4.69, 9.17) is 0 Å². The molecule has 2 N–H and O–H groups in total. The van der Waals surface area contributed by atoms with E-state index in [1.807, 2.05) is 31.6 Å². The fourth-order valence-corrected chi connectivity index (χ4v) is 2.96. The molecule has 0 saturated carbocycles. The Bertz CT molecular complexity index is 738. The van der Waals surface area contributed by atoms with Crippen LogP contribution in [0.15, 0.2) is 36.7 Å². The molecule has 0 aliphatic rings. The van der Waals surface area contributed by atoms with Crippen LogP contribution in [-0.4, -0.2) is 24.0 Å². The first-order valence-electron chi connectivity index (χ1n) is 7.65. The van der Waals surface area contributed by atoms with Crippen molar-refractivity contribution in [3.8, 4) is 0 Å². The smallest absolute Gasteiger partial charge is 0.232 e. The van der Waals surface area contributed by atoms with E-state index >= 15 is 0 Å². The van der Waals surface area contributed by atoms with Crippen LogP contribution in [0.25, 0.3) is 0 Å². The van der Waals surface area contributed by atoms with Crippen molar-refractivity contribution in [3.63, 3.8) is 0 Å². The molecule has 0 radical (unpaired) electrons. The Morgan fingerprint density at radius 1 is 1.13 bits per heavy atom. The molecule has 0 saturated heterocycles. The van der Waals surface area contributed by atoms with Crippen LogP contribution in [0.2, 0.25) is 0 Å². The Balaban J connectivity index is 2.01. The summed E-state index contributed by atoms with van der Waals surface area (Å²) in [5.74, 6) is 0.0648. The summed E-state index contributed by atoms with van der Waals surface area (Å²) in [7, 11) is -1.33. The molecule has 0 amide bonds. The van der Waals surface area contributed by atoms with Gasteiger partial charge in [-0.1, -0.05) is 12.1 Å². The first kappa shape index (κ1) is 17.5. The lowest BCUT2D eigenvalue weighted by Gasteiger charge is -2.20. The number of anilines is 1. The van der Waals surface area contributed by atoms with Gasteiger partial charge in [0, 0.05) is 36.6 Å². The zero-order valence-electron chi connectivity index (χ0n) is 13.9. The summed E-state index contributed by atoms with van der Waals surface area (Å²) in [4.78, 5) is 0. The van der Waals surface area contributed by atoms with Crippen molar-refractivity contribution in [1.82, 2.24) is 15.1 Å². The minimum Gasteiger partial charge on any atom is -0.304 e. The van der Waals surface area contributed by atoms with Crippen molar-refractivity contribution in [3.05, 3.63) is 47.8 Å². The summed E-state index contributed by atoms with van der Waals surface area (Å²) < 4.78 is 27.4. The highest BCUT2D eigenvalue weighted by Crippen LogP contribution is 2.21. The summed E-state index contributed by atoms with van der Waals surface area (Å²) in [5.41, 5.74) is 2.81. The number of aromatic nitrogens is 2. The third-order valence-electron chi connectivity index (χ3n) is 3.79. The number of hydrogen-bond acceptors (Lipinski definition) is 4. The number of nitrogens with one attached hydrogen (secondary N) is 2. The molecule has 6 nitrogen and oxygen atoms in total. The largest absolute Gasteiger partial charge is 0.304 e. The van der Waals surface area contributed by atoms with Crippen LogP contribution in [0.5, 0.6) is 0 Å². The molecule has 1 aromatic carbocycles. The van der Waals surface area contributed by atoms with Gasteiger partial charge in [0.15, 0.2) is 0 Å². The third kappa shape index (κ3) is 4.80. The molecule has 7 heteroatoms. The number of aryl methyl sites for hydroxylation is 1. The predicted molar refractivity (Wildman–Crippen MR) is 92.7 cm³/mol. The zero-order chi connectivity index (χ0) is 17.0. The predicted octanol–water partition coefficient (Wildman–Crippen LogP) is 2.59. The van der Waals surface area contributed by atoms with Gasteiger partial charge in [-0.3, -0.25) is 9.40 Å². The van der Waals surface area contributed by atoms with Gasteiger partial charge in [0.25, 0.3) is 0 Å². The number of sulfonamides is 1. The Kier molecular flexibility index (Phi) is 5.43. The van der Waals surface area contributed by atoms with Crippen molar-refractivity contribution >= 4 is 15.7 Å². The Hall–Kier alpha value is -1.86. The lowest BCUT2D eigenvalue weighted by Crippen LogP contribution is -2.22. The van der Waals surface area contributed by atoms with E-state index in [9.17, 15) is 8.42 Å². The molecule has 0 aliphatic heterocycles. The number of nitrogens with zero attached hydrogens (tertiary/aromatic N) is 2. The molecule has 0 spiro atoms. The van der Waals surface area contributed by atoms with E-state index in [0.717, 1.165) is 11.1 Å². The van der Waals surface area contributed by atoms with Crippen LogP contribution >= 0.6 is 0 Å². The minimum atomic E-state index is -3.23. The lowest BCUT2D eigenvalue weighted by molar-refractivity contribution is 0.494. The Morgan fingerprint density at radius 3 is 2.26 bits per heavy atom. The van der Waals surface area contributed by atoms with E-state index in [1.165, 1.54) is 0 Å². The SMILES string of the molecule is CCS(=O)(=O)Nc1ccc([C@H](C)N[C@H](C)c2cnn(C)c2)cc1. The van der Waals surface area contributed by atoms with Gasteiger partial charge in [-0.05, 0) is 38.5 Å². The van der Waals surface area contributed by atoms with Crippen molar-refractivity contribution in [2.75, 3.05) is 10.5 Å². The van der Waals surface area contributed by atoms with Crippen LogP contribution in [0, 0.1) is 0 Å². The van der Waals surface area contributed by atoms with Gasteiger partial charge in [-0.2, -0.15) is 5.10 Å². The molecular weight excluding hydrogens is 312 g/mol. The second-order valence-corrected chi connectivity index (χ2v) is 7.70. The number of benzene rings is 1. The Labute approximate surface area is 138 Å². The van der Waals surface area contributed by atoms with Gasteiger partial charge in [0.2, 0.25) is 10.0 Å². The zero-order valence-corrected chi connectivity index (χ0v) is 14.8. The first-order chi connectivity index (χ1) is 10.8. The topological polar surface area (TPSA) is 76.0 Å². The van der Waals surface area contributed by atoms with Crippen molar-refractivity contribution in [2.45, 2.75) is 32.9 Å². The van der Waals surface area contributed by atoms with E-state index in [0.29, 0.717) is 5.69 Å². The highest BCUT2D eigenvalue weighted by molar-refractivity contribution is 7.92. The average molecular weight is 336 g/mol. The standard InChI is InChI=1S/C16H24N4O2S/c1-5-23(21,22)19-16-8-6-14(7-9-16)12(2)18-13(3)15-10-17-20(4)11-15/h6-13,18-19H,5H2,1-4H3/t12-,13+/m0/s1. The maximum atomic E-state index is 11.6. The maximum absolute atomic E-state index is 11.6. The molecule has 126 valence electrons. The van der Waals surface area contributed by atoms with E-state index in [1.54, 1.807) is 23.7 Å². The van der Waals surface area contributed by atoms with Crippen molar-refractivity contribution in [1.29, 1.82) is 0 Å². The number of rotatable bonds is 7. The van der Waals surface area contributed by atoms with Crippen LogP contribution in [-0.2, 0) is 17.1 Å². The summed E-state index contributed by atoms with van der Waals surface area (Å²) in [5, 5.41) is 7.70. The molecule has 0 bridgehead atoms. The van der Waals surface area contributed by atoms with Crippen LogP contribution in [0.4, 0.5) is 5.69 Å². The van der Waals surface area contributed by atoms with Crippen LogP contribution < -0.4 is 10.0 Å². The molecule has 0 fully saturated rings. The summed E-state index contributed by atoms with van der Waals surface area (Å²) in [6.45, 7) is 5.79. The molecule has 0 aliphatic carbocycles. The molecule has 2 atom stereocenters. The summed E-state index contributed by atoms with van der Waals surface area (Å²) in [6.07, 6.45) is 3.85. The fraction of sp³-hybridized carbons (Fsp3) is 0.438. The van der Waals surface area contributed by atoms with Crippen LogP contribution in [0.1, 0.15) is 44.0 Å². The molecule has 0 unspecified atom stereocenters. The monoisotopic (exact) mass is 336 g/mol. The summed E-state index contributed by atoms with van der Waals surface area (Å²) in [6, 6.07) is 7.76. The van der Waals surface area contributed by atoms with E-state index in [-0.39, 0.29) is 17.8 Å². The molecule has 2 aromatic rings. The molecule has 2 rings (SSSR count). The minimum absolute atomic E-state index is 0.0648. The average Bonchev–Trinajstić information content (AvgIpc) is 2.94. The van der Waals surface area contributed by atoms with Gasteiger partial charge in [-0.15, -0.1) is 0 Å². The first-order valence-corrected chi connectivity index (χ1v) is 9.31. The molecule has 23 heavy (non-hydrogen) atoms. The fourth-order valence-electron chi connectivity index (χ4n) is 2.32. The van der Waals surface area contributed by atoms with Crippen molar-refractivity contribution < 1.29 is 8.42 Å². The highest BCUT2D eigenvalue weighted by atomic mass is 32.2. The quantitative estimate of drug-likeness (QED) is 0.815. The van der Waals surface area contributed by atoms with E-state index < -0.39 is 10.0 Å². The Morgan fingerprint density at radius 2 is 1.74 bits per heavy atom. The van der Waals surface area contributed by atoms with Gasteiger partial charge in [0.1, 0.15) is 0 Å². The van der Waals surface area contributed by atoms with Crippen LogP contribution in [0.3, 0.4) is 0 Å².